The van der Waals surface area contributed by atoms with Crippen LogP contribution in [0, 0.1) is 0 Å². The Balaban J connectivity index is 1.53. The van der Waals surface area contributed by atoms with Crippen molar-refractivity contribution in [3.63, 3.8) is 0 Å². The van der Waals surface area contributed by atoms with Crippen LogP contribution in [0.1, 0.15) is 61.4 Å². The molecule has 2 aromatic carbocycles. The van der Waals surface area contributed by atoms with Gasteiger partial charge in [0.25, 0.3) is 5.91 Å². The number of benzene rings is 2. The maximum Gasteiger partial charge on any atom is 0.253 e. The highest BCUT2D eigenvalue weighted by Gasteiger charge is 2.21. The molecule has 0 atom stereocenters. The molecule has 1 fully saturated rings. The molecule has 0 bridgehead atoms. The number of nitrogens with one attached hydrogen (secondary N) is 1. The lowest BCUT2D eigenvalue weighted by molar-refractivity contribution is -0.130. The number of nitrogens with zero attached hydrogens (tertiary/aromatic N) is 3. The summed E-state index contributed by atoms with van der Waals surface area (Å²) >= 11 is 0. The van der Waals surface area contributed by atoms with Crippen molar-refractivity contribution in [2.75, 3.05) is 45.2 Å². The quantitative estimate of drug-likeness (QED) is 0.514. The van der Waals surface area contributed by atoms with Gasteiger partial charge in [-0.2, -0.15) is 0 Å². The first kappa shape index (κ1) is 26.6. The number of rotatable bonds is 9. The normalized spacial score (nSPS) is 16.1. The average molecular weight is 503 g/mol. The summed E-state index contributed by atoms with van der Waals surface area (Å²) in [5, 5.41) is 12.7. The minimum absolute atomic E-state index is 0.0833. The van der Waals surface area contributed by atoms with Crippen molar-refractivity contribution in [1.29, 1.82) is 0 Å². The molecule has 2 amide bonds. The van der Waals surface area contributed by atoms with Gasteiger partial charge in [0.1, 0.15) is 5.84 Å². The van der Waals surface area contributed by atoms with Crippen LogP contribution in [-0.2, 0) is 4.79 Å². The molecular formula is C30H38N4O3. The molecule has 2 N–H and O–H groups in total. The number of carbonyl (C=O) groups excluding carboxylic acids is 2. The molecule has 0 aliphatic carbocycles. The Labute approximate surface area is 219 Å². The summed E-state index contributed by atoms with van der Waals surface area (Å²) in [6.07, 6.45) is 6.65. The summed E-state index contributed by atoms with van der Waals surface area (Å²) in [6.45, 7) is 5.10. The van der Waals surface area contributed by atoms with Crippen LogP contribution in [0.15, 0.2) is 53.0 Å². The van der Waals surface area contributed by atoms with Gasteiger partial charge in [-0.3, -0.25) is 14.6 Å². The molecule has 0 spiro atoms. The first-order valence-corrected chi connectivity index (χ1v) is 13.4. The number of aliphatic hydroxyl groups is 1. The van der Waals surface area contributed by atoms with Gasteiger partial charge in [-0.05, 0) is 60.6 Å². The Bertz CT molecular complexity index is 1160. The zero-order valence-electron chi connectivity index (χ0n) is 22.0. The number of hydrogen-bond donors (Lipinski definition) is 2. The summed E-state index contributed by atoms with van der Waals surface area (Å²) in [6, 6.07) is 14.1. The molecule has 0 unspecified atom stereocenters. The Hall–Kier alpha value is -3.45. The molecule has 7 heteroatoms. The molecule has 7 nitrogen and oxygen atoms in total. The molecule has 2 aromatic rings. The van der Waals surface area contributed by atoms with Gasteiger partial charge in [-0.15, -0.1) is 0 Å². The summed E-state index contributed by atoms with van der Waals surface area (Å²) in [5.41, 5.74) is 5.80. The third kappa shape index (κ3) is 6.66. The molecule has 37 heavy (non-hydrogen) atoms. The van der Waals surface area contributed by atoms with Crippen molar-refractivity contribution in [2.45, 2.75) is 45.4 Å². The van der Waals surface area contributed by atoms with Gasteiger partial charge in [0, 0.05) is 63.9 Å². The van der Waals surface area contributed by atoms with Crippen LogP contribution in [-0.4, -0.2) is 72.4 Å². The van der Waals surface area contributed by atoms with Gasteiger partial charge < -0.3 is 20.2 Å². The second kappa shape index (κ2) is 12.7. The summed E-state index contributed by atoms with van der Waals surface area (Å²) in [7, 11) is 1.76. The highest BCUT2D eigenvalue weighted by Crippen LogP contribution is 2.31. The van der Waals surface area contributed by atoms with Crippen LogP contribution in [0.25, 0.3) is 17.2 Å². The monoisotopic (exact) mass is 502 g/mol. The highest BCUT2D eigenvalue weighted by atomic mass is 16.3. The largest absolute Gasteiger partial charge is 0.396 e. The fraction of sp³-hybridized carbons (Fsp3) is 0.433. The highest BCUT2D eigenvalue weighted by molar-refractivity contribution is 6.02. The van der Waals surface area contributed by atoms with Crippen LogP contribution in [0.5, 0.6) is 0 Å². The first-order valence-electron chi connectivity index (χ1n) is 13.4. The van der Waals surface area contributed by atoms with Gasteiger partial charge in [0.15, 0.2) is 0 Å². The van der Waals surface area contributed by atoms with Crippen molar-refractivity contribution < 1.29 is 14.7 Å². The summed E-state index contributed by atoms with van der Waals surface area (Å²) in [5.74, 6) is 1.01. The Morgan fingerprint density at radius 2 is 1.78 bits per heavy atom. The topological polar surface area (TPSA) is 85.2 Å². The van der Waals surface area contributed by atoms with Gasteiger partial charge in [0.2, 0.25) is 5.91 Å². The number of carbonyl (C=O) groups is 2. The zero-order chi connectivity index (χ0) is 26.2. The lowest BCUT2D eigenvalue weighted by Crippen LogP contribution is -2.33. The lowest BCUT2D eigenvalue weighted by atomic mass is 9.99. The number of aliphatic hydroxyl groups excluding tert-OH is 1. The standard InChI is InChI=1S/C30H38N4O3/c1-3-13-33(16-6-17-35)29(36)20-22-18-26-12-11-25(21-27(26)32-28(19-22)31-2)23-7-9-24(10-8-23)30(37)34-14-4-5-15-34/h7-12,18,21,35H,3-6,13-17,19-20H2,1-2H3,(H,31,32). The Kier molecular flexibility index (Phi) is 9.12. The van der Waals surface area contributed by atoms with Crippen molar-refractivity contribution in [3.05, 3.63) is 59.2 Å². The number of hydrogen-bond acceptors (Lipinski definition) is 4. The van der Waals surface area contributed by atoms with E-state index in [0.717, 1.165) is 71.7 Å². The average Bonchev–Trinajstić information content (AvgIpc) is 3.40. The van der Waals surface area contributed by atoms with Crippen molar-refractivity contribution in [2.24, 2.45) is 4.99 Å². The number of anilines is 1. The second-order valence-corrected chi connectivity index (χ2v) is 9.79. The van der Waals surface area contributed by atoms with E-state index in [1.165, 1.54) is 0 Å². The number of amidine groups is 1. The van der Waals surface area contributed by atoms with Crippen LogP contribution >= 0.6 is 0 Å². The van der Waals surface area contributed by atoms with Crippen LogP contribution in [0.4, 0.5) is 5.69 Å². The molecule has 0 saturated carbocycles. The van der Waals surface area contributed by atoms with Crippen LogP contribution < -0.4 is 5.32 Å². The zero-order valence-corrected chi connectivity index (χ0v) is 22.0. The SMILES string of the molecule is CCCN(CCCO)C(=O)CC1=Cc2ccc(-c3ccc(C(=O)N4CCCC4)cc3)cc2NC(=NC)C1. The van der Waals surface area contributed by atoms with Crippen molar-refractivity contribution in [3.8, 4) is 11.1 Å². The molecule has 1 saturated heterocycles. The van der Waals surface area contributed by atoms with E-state index >= 15 is 0 Å². The predicted molar refractivity (Wildman–Crippen MR) is 150 cm³/mol. The predicted octanol–water partition coefficient (Wildman–Crippen LogP) is 4.83. The number of likely N-dealkylation sites (tertiary alicyclic amines) is 1. The molecule has 0 radical (unpaired) electrons. The minimum atomic E-state index is 0.0833. The van der Waals surface area contributed by atoms with Crippen molar-refractivity contribution in [1.82, 2.24) is 9.80 Å². The maximum atomic E-state index is 13.0. The molecule has 0 aromatic heterocycles. The molecular weight excluding hydrogens is 464 g/mol. The molecule has 2 aliphatic heterocycles. The van der Waals surface area contributed by atoms with Gasteiger partial charge in [-0.1, -0.05) is 42.8 Å². The minimum Gasteiger partial charge on any atom is -0.396 e. The fourth-order valence-corrected chi connectivity index (χ4v) is 5.01. The number of amides is 2. The molecule has 2 heterocycles. The summed E-state index contributed by atoms with van der Waals surface area (Å²) in [4.78, 5) is 33.9. The molecule has 2 aliphatic rings. The van der Waals surface area contributed by atoms with E-state index in [2.05, 4.69) is 41.5 Å². The maximum absolute atomic E-state index is 13.0. The van der Waals surface area contributed by atoms with E-state index in [1.54, 1.807) is 7.05 Å². The third-order valence-corrected chi connectivity index (χ3v) is 7.03. The Morgan fingerprint density at radius 3 is 2.46 bits per heavy atom. The second-order valence-electron chi connectivity index (χ2n) is 9.79. The van der Waals surface area contributed by atoms with E-state index in [4.69, 9.17) is 0 Å². The van der Waals surface area contributed by atoms with E-state index in [9.17, 15) is 14.7 Å². The lowest BCUT2D eigenvalue weighted by Gasteiger charge is -2.22. The van der Waals surface area contributed by atoms with Crippen molar-refractivity contribution >= 4 is 29.4 Å². The number of aliphatic imine (C=N–C) groups is 1. The fourth-order valence-electron chi connectivity index (χ4n) is 5.01. The number of fused-ring (bicyclic) bond motifs is 1. The van der Waals surface area contributed by atoms with E-state index in [0.29, 0.717) is 32.4 Å². The van der Waals surface area contributed by atoms with Gasteiger partial charge in [0.05, 0.1) is 0 Å². The van der Waals surface area contributed by atoms with Gasteiger partial charge in [-0.25, -0.2) is 0 Å². The van der Waals surface area contributed by atoms with E-state index in [-0.39, 0.29) is 18.4 Å². The first-order chi connectivity index (χ1) is 18.0. The third-order valence-electron chi connectivity index (χ3n) is 7.03. The smallest absolute Gasteiger partial charge is 0.253 e. The van der Waals surface area contributed by atoms with Crippen LogP contribution in [0.2, 0.25) is 0 Å². The van der Waals surface area contributed by atoms with Crippen LogP contribution in [0.3, 0.4) is 0 Å². The molecule has 4 rings (SSSR count). The van der Waals surface area contributed by atoms with E-state index in [1.807, 2.05) is 34.1 Å². The Morgan fingerprint density at radius 1 is 1.05 bits per heavy atom. The van der Waals surface area contributed by atoms with E-state index < -0.39 is 0 Å². The van der Waals surface area contributed by atoms with Gasteiger partial charge >= 0.3 is 0 Å². The molecule has 196 valence electrons. The summed E-state index contributed by atoms with van der Waals surface area (Å²) < 4.78 is 0.